The number of nitrogens with zero attached hydrogens (tertiary/aromatic N) is 2. The number of nitrogens with one attached hydrogen (secondary N) is 1. The van der Waals surface area contributed by atoms with E-state index in [4.69, 9.17) is 18.9 Å². The summed E-state index contributed by atoms with van der Waals surface area (Å²) in [6.45, 7) is 12.6. The molecule has 2 rings (SSSR count). The Morgan fingerprint density at radius 3 is 1.92 bits per heavy atom. The van der Waals surface area contributed by atoms with Gasteiger partial charge in [-0.3, -0.25) is 33.9 Å². The Labute approximate surface area is 221 Å². The normalized spacial score (nSPS) is 21.2. The van der Waals surface area contributed by atoms with E-state index in [2.05, 4.69) is 10.3 Å². The lowest BCUT2D eigenvalue weighted by Crippen LogP contribution is -2.42. The van der Waals surface area contributed by atoms with Crippen LogP contribution in [-0.4, -0.2) is 69.3 Å². The van der Waals surface area contributed by atoms with E-state index in [0.717, 1.165) is 10.9 Å². The van der Waals surface area contributed by atoms with Crippen LogP contribution in [0.3, 0.4) is 0 Å². The minimum Gasteiger partial charge on any atom is -0.493 e. The zero-order valence-electron chi connectivity index (χ0n) is 22.9. The Morgan fingerprint density at radius 1 is 0.895 bits per heavy atom. The molecule has 1 aromatic heterocycles. The molecule has 0 radical (unpaired) electrons. The van der Waals surface area contributed by atoms with E-state index >= 15 is 0 Å². The van der Waals surface area contributed by atoms with Crippen molar-refractivity contribution in [3.63, 3.8) is 0 Å². The summed E-state index contributed by atoms with van der Waals surface area (Å²) in [4.78, 5) is 65.6. The lowest BCUT2D eigenvalue weighted by atomic mass is 10.1. The van der Waals surface area contributed by atoms with Gasteiger partial charge in [-0.05, 0) is 0 Å². The van der Waals surface area contributed by atoms with Crippen molar-refractivity contribution in [1.82, 2.24) is 14.9 Å². The number of imide groups is 1. The summed E-state index contributed by atoms with van der Waals surface area (Å²) in [7, 11) is 0. The number of carbonyl (C=O) groups is 5. The van der Waals surface area contributed by atoms with Gasteiger partial charge in [0.05, 0.1) is 17.8 Å². The maximum absolute atomic E-state index is 12.6. The van der Waals surface area contributed by atoms with Gasteiger partial charge in [-0.25, -0.2) is 4.98 Å². The molecule has 0 unspecified atom stereocenters. The van der Waals surface area contributed by atoms with Gasteiger partial charge in [0.15, 0.2) is 24.1 Å². The average molecular weight is 540 g/mol. The fourth-order valence-corrected chi connectivity index (χ4v) is 3.22. The number of rotatable bonds is 10. The monoisotopic (exact) mass is 539 g/mol. The zero-order valence-corrected chi connectivity index (χ0v) is 22.9. The Hall–Kier alpha value is -3.48. The molecule has 1 aliphatic rings. The van der Waals surface area contributed by atoms with Crippen LogP contribution in [0, 0.1) is 23.7 Å². The summed E-state index contributed by atoms with van der Waals surface area (Å²) >= 11 is 0. The molecule has 2 amide bonds. The first-order chi connectivity index (χ1) is 17.6. The molecule has 0 spiro atoms. The van der Waals surface area contributed by atoms with Crippen LogP contribution < -0.4 is 5.32 Å². The van der Waals surface area contributed by atoms with Gasteiger partial charge in [0.2, 0.25) is 11.8 Å². The molecule has 212 valence electrons. The number of hydrogen-bond acceptors (Lipinski definition) is 11. The quantitative estimate of drug-likeness (QED) is 0.327. The van der Waals surface area contributed by atoms with Gasteiger partial charge in [-0.2, -0.15) is 0 Å². The second-order valence-electron chi connectivity index (χ2n) is 10.3. The first-order valence-electron chi connectivity index (χ1n) is 12.5. The van der Waals surface area contributed by atoms with Gasteiger partial charge in [-0.15, -0.1) is 0 Å². The minimum atomic E-state index is -1.32. The van der Waals surface area contributed by atoms with E-state index in [0.29, 0.717) is 0 Å². The Balaban J connectivity index is 2.48. The third-order valence-electron chi connectivity index (χ3n) is 5.61. The third kappa shape index (κ3) is 7.30. The van der Waals surface area contributed by atoms with Crippen molar-refractivity contribution in [2.45, 2.75) is 79.9 Å². The van der Waals surface area contributed by atoms with E-state index in [1.807, 2.05) is 0 Å². The lowest BCUT2D eigenvalue weighted by Gasteiger charge is -2.26. The number of carbonyl (C=O) groups excluding carboxylic acids is 5. The molecule has 2 heterocycles. The van der Waals surface area contributed by atoms with Crippen LogP contribution in [-0.2, 0) is 38.1 Å². The second kappa shape index (κ2) is 12.9. The van der Waals surface area contributed by atoms with E-state index in [9.17, 15) is 29.1 Å². The van der Waals surface area contributed by atoms with Crippen molar-refractivity contribution in [3.05, 3.63) is 12.0 Å². The summed E-state index contributed by atoms with van der Waals surface area (Å²) in [5, 5.41) is 13.0. The van der Waals surface area contributed by atoms with Crippen molar-refractivity contribution >= 4 is 29.7 Å². The molecule has 0 aliphatic carbocycles. The lowest BCUT2D eigenvalue weighted by molar-refractivity contribution is -0.173. The highest BCUT2D eigenvalue weighted by molar-refractivity contribution is 6.05. The number of esters is 3. The first kappa shape index (κ1) is 30.7. The van der Waals surface area contributed by atoms with Crippen LogP contribution in [0.2, 0.25) is 0 Å². The molecule has 2 N–H and O–H groups in total. The van der Waals surface area contributed by atoms with Crippen molar-refractivity contribution in [2.75, 3.05) is 6.61 Å². The van der Waals surface area contributed by atoms with Crippen molar-refractivity contribution in [2.24, 2.45) is 23.7 Å². The summed E-state index contributed by atoms with van der Waals surface area (Å²) in [6, 6.07) is 0. The van der Waals surface area contributed by atoms with Crippen LogP contribution in [0.4, 0.5) is 0 Å². The van der Waals surface area contributed by atoms with E-state index in [-0.39, 0.29) is 6.61 Å². The molecule has 1 saturated heterocycles. The smallest absolute Gasteiger partial charge is 0.308 e. The molecule has 13 nitrogen and oxygen atoms in total. The van der Waals surface area contributed by atoms with Crippen LogP contribution in [0.1, 0.15) is 72.1 Å². The number of aromatic nitrogens is 2. The number of aromatic hydroxyl groups is 1. The molecule has 0 saturated carbocycles. The van der Waals surface area contributed by atoms with Gasteiger partial charge in [0.25, 0.3) is 5.91 Å². The fraction of sp³-hybridized carbons (Fsp3) is 0.680. The molecule has 38 heavy (non-hydrogen) atoms. The predicted molar refractivity (Wildman–Crippen MR) is 130 cm³/mol. The first-order valence-corrected chi connectivity index (χ1v) is 12.5. The second-order valence-corrected chi connectivity index (χ2v) is 10.3. The van der Waals surface area contributed by atoms with Gasteiger partial charge >= 0.3 is 17.9 Å². The standard InChI is InChI=1S/C25H37N3O10/c1-11(2)19(29)27-20(30)16-21(31)28(10-26-16)22-18(38-25(34)14(7)8)17(37-24(33)13(5)6)15(36-22)9-35-23(32)12(3)4/h10-15,17-18,22,31H,9H2,1-8H3,(H,27,29,30)/t15-,17-,18-,22-/m1/s1. The number of imidazole rings is 1. The number of hydrogen-bond donors (Lipinski definition) is 2. The summed E-state index contributed by atoms with van der Waals surface area (Å²) in [6.07, 6.45) is -3.87. The van der Waals surface area contributed by atoms with Gasteiger partial charge < -0.3 is 24.1 Å². The molecule has 1 aromatic rings. The van der Waals surface area contributed by atoms with E-state index < -0.39 is 89.5 Å². The Morgan fingerprint density at radius 2 is 1.42 bits per heavy atom. The minimum absolute atomic E-state index is 0.342. The molecular formula is C25H37N3O10. The Bertz CT molecular complexity index is 1050. The fourth-order valence-electron chi connectivity index (χ4n) is 3.22. The van der Waals surface area contributed by atoms with Crippen LogP contribution in [0.5, 0.6) is 5.88 Å². The highest BCUT2D eigenvalue weighted by Gasteiger charge is 2.52. The SMILES string of the molecule is CC(C)C(=O)NC(=O)c1ncn([C@@H]2O[C@H](COC(=O)C(C)C)[C@@H](OC(=O)C(C)C)[C@H]2OC(=O)C(C)C)c1O. The molecule has 0 bridgehead atoms. The van der Waals surface area contributed by atoms with E-state index in [1.165, 1.54) is 0 Å². The summed E-state index contributed by atoms with van der Waals surface area (Å²) in [5.41, 5.74) is -0.470. The molecule has 1 fully saturated rings. The Kier molecular flexibility index (Phi) is 10.4. The highest BCUT2D eigenvalue weighted by atomic mass is 16.7. The molecule has 13 heteroatoms. The molecule has 4 atom stereocenters. The molecular weight excluding hydrogens is 502 g/mol. The van der Waals surface area contributed by atoms with Crippen molar-refractivity contribution in [1.29, 1.82) is 0 Å². The van der Waals surface area contributed by atoms with Gasteiger partial charge in [0.1, 0.15) is 19.0 Å². The van der Waals surface area contributed by atoms with Gasteiger partial charge in [0, 0.05) is 5.92 Å². The predicted octanol–water partition coefficient (Wildman–Crippen LogP) is 1.73. The number of amides is 2. The van der Waals surface area contributed by atoms with Crippen LogP contribution in [0.25, 0.3) is 0 Å². The van der Waals surface area contributed by atoms with Crippen molar-refractivity contribution < 1.29 is 48.0 Å². The zero-order chi connectivity index (χ0) is 28.9. The van der Waals surface area contributed by atoms with Crippen LogP contribution >= 0.6 is 0 Å². The van der Waals surface area contributed by atoms with Crippen molar-refractivity contribution in [3.8, 4) is 5.88 Å². The average Bonchev–Trinajstić information content (AvgIpc) is 3.36. The summed E-state index contributed by atoms with van der Waals surface area (Å²) < 4.78 is 23.6. The maximum Gasteiger partial charge on any atom is 0.308 e. The van der Waals surface area contributed by atoms with Gasteiger partial charge in [-0.1, -0.05) is 55.4 Å². The highest BCUT2D eigenvalue weighted by Crippen LogP contribution is 2.38. The topological polar surface area (TPSA) is 172 Å². The molecule has 0 aromatic carbocycles. The maximum atomic E-state index is 12.6. The van der Waals surface area contributed by atoms with E-state index in [1.54, 1.807) is 55.4 Å². The third-order valence-corrected chi connectivity index (χ3v) is 5.61. The summed E-state index contributed by atoms with van der Waals surface area (Å²) in [5.74, 6) is -6.01. The molecule has 1 aliphatic heterocycles. The number of ether oxygens (including phenoxy) is 4. The largest absolute Gasteiger partial charge is 0.493 e. The van der Waals surface area contributed by atoms with Crippen LogP contribution in [0.15, 0.2) is 6.33 Å².